The monoisotopic (exact) mass is 246 g/mol. The second-order valence-electron chi connectivity index (χ2n) is 3.97. The van der Waals surface area contributed by atoms with Crippen molar-refractivity contribution in [2.75, 3.05) is 0 Å². The van der Waals surface area contributed by atoms with Crippen LogP contribution < -0.4 is 34.3 Å². The molecular formula is C11H11NaO3S. The molecule has 1 heterocycles. The number of benzene rings is 1. The molecule has 0 aliphatic carbocycles. The Hall–Kier alpha value is -0.130. The summed E-state index contributed by atoms with van der Waals surface area (Å²) < 4.78 is 27.2. The van der Waals surface area contributed by atoms with E-state index in [9.17, 15) is 8.76 Å². The van der Waals surface area contributed by atoms with E-state index < -0.39 is 11.1 Å². The van der Waals surface area contributed by atoms with E-state index >= 15 is 0 Å². The molecule has 1 aliphatic rings. The van der Waals surface area contributed by atoms with Crippen LogP contribution in [-0.2, 0) is 11.1 Å². The average molecular weight is 246 g/mol. The van der Waals surface area contributed by atoms with Gasteiger partial charge < -0.3 is 9.29 Å². The summed E-state index contributed by atoms with van der Waals surface area (Å²) in [7, 11) is 0. The van der Waals surface area contributed by atoms with E-state index in [-0.39, 0.29) is 40.1 Å². The number of hydrogen-bond donors (Lipinski definition) is 0. The maximum absolute atomic E-state index is 10.7. The molecule has 0 saturated heterocycles. The van der Waals surface area contributed by atoms with E-state index in [1.165, 1.54) is 6.07 Å². The zero-order valence-corrected chi connectivity index (χ0v) is 12.3. The van der Waals surface area contributed by atoms with Gasteiger partial charge in [0.15, 0.2) is 0 Å². The van der Waals surface area contributed by atoms with Gasteiger partial charge in [0.1, 0.15) is 11.4 Å². The normalized spacial score (nSPS) is 17.9. The number of fused-ring (bicyclic) bond motifs is 1. The molecule has 1 aromatic rings. The van der Waals surface area contributed by atoms with Gasteiger partial charge >= 0.3 is 29.6 Å². The molecule has 5 heteroatoms. The molecule has 1 atom stereocenters. The largest absolute Gasteiger partial charge is 1.00 e. The molecular weight excluding hydrogens is 235 g/mol. The van der Waals surface area contributed by atoms with Crippen LogP contribution in [0.2, 0.25) is 0 Å². The smallest absolute Gasteiger partial charge is 0.768 e. The van der Waals surface area contributed by atoms with Gasteiger partial charge in [0, 0.05) is 10.5 Å². The zero-order valence-electron chi connectivity index (χ0n) is 9.52. The van der Waals surface area contributed by atoms with Crippen LogP contribution in [0.25, 0.3) is 6.08 Å². The Bertz CT molecular complexity index is 455. The molecule has 0 saturated carbocycles. The minimum Gasteiger partial charge on any atom is -0.768 e. The van der Waals surface area contributed by atoms with Gasteiger partial charge in [-0.15, -0.1) is 0 Å². The summed E-state index contributed by atoms with van der Waals surface area (Å²) in [5, 5.41) is 0. The van der Waals surface area contributed by atoms with Crippen LogP contribution in [0.3, 0.4) is 0 Å². The van der Waals surface area contributed by atoms with Crippen molar-refractivity contribution >= 4 is 17.2 Å². The van der Waals surface area contributed by atoms with Crippen molar-refractivity contribution in [3.63, 3.8) is 0 Å². The molecule has 0 fully saturated rings. The Kier molecular flexibility index (Phi) is 4.37. The van der Waals surface area contributed by atoms with Crippen molar-refractivity contribution in [1.29, 1.82) is 0 Å². The first-order valence-corrected chi connectivity index (χ1v) is 5.67. The van der Waals surface area contributed by atoms with E-state index in [1.54, 1.807) is 12.1 Å². The molecule has 0 radical (unpaired) electrons. The summed E-state index contributed by atoms with van der Waals surface area (Å²) in [6, 6.07) is 4.83. The second-order valence-corrected chi connectivity index (χ2v) is 4.91. The summed E-state index contributed by atoms with van der Waals surface area (Å²) in [4.78, 5) is 0.279. The topological polar surface area (TPSA) is 49.4 Å². The average Bonchev–Trinajstić information content (AvgIpc) is 2.15. The Morgan fingerprint density at radius 3 is 2.69 bits per heavy atom. The minimum absolute atomic E-state index is 0. The maximum Gasteiger partial charge on any atom is 1.00 e. The van der Waals surface area contributed by atoms with Crippen LogP contribution in [0.5, 0.6) is 5.75 Å². The van der Waals surface area contributed by atoms with Crippen molar-refractivity contribution in [2.45, 2.75) is 24.3 Å². The van der Waals surface area contributed by atoms with Gasteiger partial charge in [-0.25, -0.2) is 0 Å². The van der Waals surface area contributed by atoms with E-state index in [2.05, 4.69) is 0 Å². The Balaban J connectivity index is 0.00000128. The molecule has 0 amide bonds. The number of hydrogen-bond acceptors (Lipinski definition) is 3. The third-order valence-electron chi connectivity index (χ3n) is 2.21. The first-order valence-electron chi connectivity index (χ1n) is 4.59. The van der Waals surface area contributed by atoms with E-state index in [4.69, 9.17) is 4.74 Å². The molecule has 2 rings (SSSR count). The number of rotatable bonds is 1. The summed E-state index contributed by atoms with van der Waals surface area (Å²) in [5.41, 5.74) is 0.474. The first-order chi connectivity index (χ1) is 6.98. The summed E-state index contributed by atoms with van der Waals surface area (Å²) >= 11 is -2.19. The van der Waals surface area contributed by atoms with Crippen LogP contribution in [0.4, 0.5) is 0 Å². The third-order valence-corrected chi connectivity index (χ3v) is 2.85. The SMILES string of the molecule is CC1(C)C=Cc2cc(S(=O)[O-])ccc2O1.[Na+]. The van der Waals surface area contributed by atoms with Gasteiger partial charge in [-0.05, 0) is 49.2 Å². The Morgan fingerprint density at radius 1 is 1.38 bits per heavy atom. The quantitative estimate of drug-likeness (QED) is 0.477. The molecule has 0 bridgehead atoms. The molecule has 1 aliphatic heterocycles. The molecule has 0 N–H and O–H groups in total. The molecule has 0 spiro atoms. The van der Waals surface area contributed by atoms with Gasteiger partial charge in [-0.1, -0.05) is 6.08 Å². The third kappa shape index (κ3) is 2.96. The molecule has 0 aromatic heterocycles. The zero-order chi connectivity index (χ0) is 11.1. The van der Waals surface area contributed by atoms with Crippen LogP contribution in [-0.4, -0.2) is 14.4 Å². The van der Waals surface area contributed by atoms with Gasteiger partial charge in [0.2, 0.25) is 0 Å². The van der Waals surface area contributed by atoms with Crippen molar-refractivity contribution in [3.05, 3.63) is 29.8 Å². The van der Waals surface area contributed by atoms with Crippen LogP contribution in [0, 0.1) is 0 Å². The Labute approximate surface area is 119 Å². The number of ether oxygens (including phenoxy) is 1. The van der Waals surface area contributed by atoms with Gasteiger partial charge in [0.05, 0.1) is 0 Å². The fourth-order valence-electron chi connectivity index (χ4n) is 1.46. The van der Waals surface area contributed by atoms with Crippen LogP contribution >= 0.6 is 0 Å². The van der Waals surface area contributed by atoms with Crippen molar-refractivity contribution < 1.29 is 43.1 Å². The van der Waals surface area contributed by atoms with Crippen molar-refractivity contribution in [2.24, 2.45) is 0 Å². The summed E-state index contributed by atoms with van der Waals surface area (Å²) in [6.07, 6.45) is 3.79. The predicted molar refractivity (Wildman–Crippen MR) is 57.4 cm³/mol. The first kappa shape index (κ1) is 13.9. The summed E-state index contributed by atoms with van der Waals surface area (Å²) in [6.45, 7) is 3.90. The molecule has 3 nitrogen and oxygen atoms in total. The van der Waals surface area contributed by atoms with Gasteiger partial charge in [-0.2, -0.15) is 0 Å². The predicted octanol–water partition coefficient (Wildman–Crippen LogP) is -0.887. The van der Waals surface area contributed by atoms with Crippen molar-refractivity contribution in [1.82, 2.24) is 0 Å². The van der Waals surface area contributed by atoms with E-state index in [0.717, 1.165) is 11.3 Å². The fraction of sp³-hybridized carbons (Fsp3) is 0.273. The van der Waals surface area contributed by atoms with Gasteiger partial charge in [-0.3, -0.25) is 4.21 Å². The van der Waals surface area contributed by atoms with Gasteiger partial charge in [0.25, 0.3) is 0 Å². The minimum atomic E-state index is -2.19. The fourth-order valence-corrected chi connectivity index (χ4v) is 1.86. The van der Waals surface area contributed by atoms with Crippen LogP contribution in [0.1, 0.15) is 19.4 Å². The maximum atomic E-state index is 10.7. The second kappa shape index (κ2) is 5.02. The van der Waals surface area contributed by atoms with Crippen molar-refractivity contribution in [3.8, 4) is 5.75 Å². The Morgan fingerprint density at radius 2 is 2.06 bits per heavy atom. The molecule has 16 heavy (non-hydrogen) atoms. The summed E-state index contributed by atoms with van der Waals surface area (Å²) in [5.74, 6) is 0.719. The van der Waals surface area contributed by atoms with E-state index in [0.29, 0.717) is 0 Å². The standard InChI is InChI=1S/C11H12O3S.Na/c1-11(2)6-5-8-7-9(15(12)13)3-4-10(8)14-11;/h3-7H,1-2H3,(H,12,13);/q;+1/p-1. The molecule has 1 aromatic carbocycles. The molecule has 80 valence electrons. The molecule has 1 unspecified atom stereocenters. The van der Waals surface area contributed by atoms with E-state index in [1.807, 2.05) is 26.0 Å². The van der Waals surface area contributed by atoms with Crippen LogP contribution in [0.15, 0.2) is 29.2 Å².